The first kappa shape index (κ1) is 15.7. The van der Waals surface area contributed by atoms with Crippen LogP contribution >= 0.6 is 0 Å². The predicted molar refractivity (Wildman–Crippen MR) is 89.1 cm³/mol. The number of likely N-dealkylation sites (tertiary alicyclic amines) is 1. The minimum atomic E-state index is -0.0692. The lowest BCUT2D eigenvalue weighted by molar-refractivity contribution is 0.0946. The molecular weight excluding hydrogens is 290 g/mol. The van der Waals surface area contributed by atoms with Gasteiger partial charge in [0.2, 0.25) is 0 Å². The lowest BCUT2D eigenvalue weighted by Crippen LogP contribution is -2.37. The van der Waals surface area contributed by atoms with E-state index in [0.717, 1.165) is 30.8 Å². The zero-order chi connectivity index (χ0) is 16.1. The molecule has 0 radical (unpaired) electrons. The van der Waals surface area contributed by atoms with Crippen LogP contribution in [0, 0.1) is 0 Å². The van der Waals surface area contributed by atoms with Crippen LogP contribution in [-0.2, 0) is 7.05 Å². The van der Waals surface area contributed by atoms with Crippen molar-refractivity contribution in [3.8, 4) is 11.1 Å². The Balaban J connectivity index is 1.56. The maximum absolute atomic E-state index is 12.3. The highest BCUT2D eigenvalue weighted by molar-refractivity contribution is 5.95. The van der Waals surface area contributed by atoms with Crippen molar-refractivity contribution in [2.45, 2.75) is 19.3 Å². The van der Waals surface area contributed by atoms with Crippen LogP contribution in [0.1, 0.15) is 29.6 Å². The molecule has 6 heteroatoms. The fourth-order valence-electron chi connectivity index (χ4n) is 2.90. The minimum Gasteiger partial charge on any atom is -0.351 e. The van der Waals surface area contributed by atoms with Crippen molar-refractivity contribution < 1.29 is 4.79 Å². The van der Waals surface area contributed by atoms with E-state index in [0.29, 0.717) is 12.1 Å². The second-order valence-electron chi connectivity index (χ2n) is 6.02. The molecule has 23 heavy (non-hydrogen) atoms. The molecule has 1 N–H and O–H groups in total. The molecule has 2 aromatic rings. The predicted octanol–water partition coefficient (Wildman–Crippen LogP) is 1.70. The van der Waals surface area contributed by atoms with Crippen LogP contribution in [0.5, 0.6) is 0 Å². The quantitative estimate of drug-likeness (QED) is 0.912. The fourth-order valence-corrected chi connectivity index (χ4v) is 2.90. The fraction of sp³-hybridized carbons (Fsp3) is 0.471. The van der Waals surface area contributed by atoms with Crippen LogP contribution in [0.25, 0.3) is 11.1 Å². The molecule has 3 heterocycles. The molecule has 0 bridgehead atoms. The van der Waals surface area contributed by atoms with E-state index < -0.39 is 0 Å². The van der Waals surface area contributed by atoms with Gasteiger partial charge in [0.05, 0.1) is 11.8 Å². The molecule has 1 fully saturated rings. The summed E-state index contributed by atoms with van der Waals surface area (Å²) in [5.41, 5.74) is 2.45. The molecular formula is C17H23N5O. The molecule has 1 saturated heterocycles. The smallest absolute Gasteiger partial charge is 0.252 e. The average Bonchev–Trinajstić information content (AvgIpc) is 3.02. The summed E-state index contributed by atoms with van der Waals surface area (Å²) in [6.07, 6.45) is 10.9. The summed E-state index contributed by atoms with van der Waals surface area (Å²) in [4.78, 5) is 18.9. The molecule has 1 aliphatic heterocycles. The highest BCUT2D eigenvalue weighted by Crippen LogP contribution is 2.18. The number of carbonyl (C=O) groups excluding carboxylic acids is 1. The third-order valence-corrected chi connectivity index (χ3v) is 4.20. The summed E-state index contributed by atoms with van der Waals surface area (Å²) in [5, 5.41) is 7.14. The molecule has 122 valence electrons. The highest BCUT2D eigenvalue weighted by Gasteiger charge is 2.11. The number of nitrogens with zero attached hydrogens (tertiary/aromatic N) is 4. The number of piperidine rings is 1. The summed E-state index contributed by atoms with van der Waals surface area (Å²) in [5.74, 6) is -0.0692. The summed E-state index contributed by atoms with van der Waals surface area (Å²) >= 11 is 0. The van der Waals surface area contributed by atoms with Gasteiger partial charge in [0.15, 0.2) is 0 Å². The van der Waals surface area contributed by atoms with E-state index in [1.807, 2.05) is 19.3 Å². The Hall–Kier alpha value is -2.21. The highest BCUT2D eigenvalue weighted by atomic mass is 16.1. The second-order valence-corrected chi connectivity index (χ2v) is 6.02. The minimum absolute atomic E-state index is 0.0692. The third-order valence-electron chi connectivity index (χ3n) is 4.20. The number of aromatic nitrogens is 3. The maximum Gasteiger partial charge on any atom is 0.252 e. The van der Waals surface area contributed by atoms with Crippen LogP contribution in [0.3, 0.4) is 0 Å². The van der Waals surface area contributed by atoms with Gasteiger partial charge < -0.3 is 10.2 Å². The van der Waals surface area contributed by atoms with Crippen LogP contribution in [0.4, 0.5) is 0 Å². The molecule has 2 aromatic heterocycles. The molecule has 0 unspecified atom stereocenters. The Morgan fingerprint density at radius 2 is 2.00 bits per heavy atom. The molecule has 3 rings (SSSR count). The molecule has 0 saturated carbocycles. The third kappa shape index (κ3) is 4.16. The number of pyridine rings is 1. The van der Waals surface area contributed by atoms with Gasteiger partial charge >= 0.3 is 0 Å². The lowest BCUT2D eigenvalue weighted by Gasteiger charge is -2.26. The Bertz CT molecular complexity index is 661. The number of hydrogen-bond acceptors (Lipinski definition) is 4. The number of amides is 1. The van der Waals surface area contributed by atoms with Crippen LogP contribution in [0.2, 0.25) is 0 Å². The summed E-state index contributed by atoms with van der Waals surface area (Å²) in [7, 11) is 1.87. The molecule has 6 nitrogen and oxygen atoms in total. The van der Waals surface area contributed by atoms with Gasteiger partial charge in [-0.25, -0.2) is 0 Å². The molecule has 0 spiro atoms. The molecule has 0 atom stereocenters. The van der Waals surface area contributed by atoms with Crippen LogP contribution < -0.4 is 5.32 Å². The van der Waals surface area contributed by atoms with Crippen molar-refractivity contribution in [1.29, 1.82) is 0 Å². The monoisotopic (exact) mass is 313 g/mol. The number of carbonyl (C=O) groups is 1. The van der Waals surface area contributed by atoms with E-state index in [9.17, 15) is 4.79 Å². The van der Waals surface area contributed by atoms with Gasteiger partial charge in [0, 0.05) is 49.9 Å². The van der Waals surface area contributed by atoms with E-state index in [1.54, 1.807) is 23.3 Å². The van der Waals surface area contributed by atoms with Crippen molar-refractivity contribution in [2.24, 2.45) is 7.05 Å². The van der Waals surface area contributed by atoms with Gasteiger partial charge in [-0.2, -0.15) is 5.10 Å². The standard InChI is InChI=1S/C17H23N5O/c1-21-13-16(12-20-21)14-9-15(11-18-10-14)17(23)19-5-8-22-6-3-2-4-7-22/h9-13H,2-8H2,1H3,(H,19,23). The van der Waals surface area contributed by atoms with Gasteiger partial charge in [-0.15, -0.1) is 0 Å². The second kappa shape index (κ2) is 7.37. The number of aryl methyl sites for hydroxylation is 1. The normalized spacial score (nSPS) is 15.5. The average molecular weight is 313 g/mol. The van der Waals surface area contributed by atoms with Gasteiger partial charge in [-0.05, 0) is 32.0 Å². The van der Waals surface area contributed by atoms with E-state index >= 15 is 0 Å². The Morgan fingerprint density at radius 1 is 1.17 bits per heavy atom. The van der Waals surface area contributed by atoms with Gasteiger partial charge in [-0.3, -0.25) is 14.5 Å². The van der Waals surface area contributed by atoms with Crippen molar-refractivity contribution in [3.63, 3.8) is 0 Å². The largest absolute Gasteiger partial charge is 0.351 e. The first-order chi connectivity index (χ1) is 11.2. The van der Waals surface area contributed by atoms with Crippen LogP contribution in [-0.4, -0.2) is 51.8 Å². The number of hydrogen-bond donors (Lipinski definition) is 1. The molecule has 0 aliphatic carbocycles. The van der Waals surface area contributed by atoms with Gasteiger partial charge in [-0.1, -0.05) is 6.42 Å². The summed E-state index contributed by atoms with van der Waals surface area (Å²) in [6.45, 7) is 3.89. The zero-order valence-corrected chi connectivity index (χ0v) is 13.5. The van der Waals surface area contributed by atoms with E-state index in [1.165, 1.54) is 19.3 Å². The van der Waals surface area contributed by atoms with Gasteiger partial charge in [0.25, 0.3) is 5.91 Å². The summed E-state index contributed by atoms with van der Waals surface area (Å²) in [6, 6.07) is 1.86. The Kier molecular flexibility index (Phi) is 5.02. The first-order valence-electron chi connectivity index (χ1n) is 8.17. The van der Waals surface area contributed by atoms with E-state index in [-0.39, 0.29) is 5.91 Å². The topological polar surface area (TPSA) is 63.1 Å². The van der Waals surface area contributed by atoms with E-state index in [4.69, 9.17) is 0 Å². The lowest BCUT2D eigenvalue weighted by atomic mass is 10.1. The number of rotatable bonds is 5. The molecule has 1 aliphatic rings. The first-order valence-corrected chi connectivity index (χ1v) is 8.17. The van der Waals surface area contributed by atoms with Crippen LogP contribution in [0.15, 0.2) is 30.9 Å². The Morgan fingerprint density at radius 3 is 2.74 bits per heavy atom. The van der Waals surface area contributed by atoms with Gasteiger partial charge in [0.1, 0.15) is 0 Å². The molecule has 1 amide bonds. The SMILES string of the molecule is Cn1cc(-c2cncc(C(=O)NCCN3CCCCC3)c2)cn1. The Labute approximate surface area is 136 Å². The molecule has 0 aromatic carbocycles. The van der Waals surface area contributed by atoms with Crippen molar-refractivity contribution in [3.05, 3.63) is 36.4 Å². The van der Waals surface area contributed by atoms with Crippen molar-refractivity contribution in [1.82, 2.24) is 25.0 Å². The zero-order valence-electron chi connectivity index (χ0n) is 13.5. The number of nitrogens with one attached hydrogen (secondary N) is 1. The summed E-state index contributed by atoms with van der Waals surface area (Å²) < 4.78 is 1.74. The maximum atomic E-state index is 12.3. The van der Waals surface area contributed by atoms with Crippen molar-refractivity contribution in [2.75, 3.05) is 26.2 Å². The van der Waals surface area contributed by atoms with Crippen molar-refractivity contribution >= 4 is 5.91 Å². The van der Waals surface area contributed by atoms with E-state index in [2.05, 4.69) is 20.3 Å².